The lowest BCUT2D eigenvalue weighted by Crippen LogP contribution is -1.76. The van der Waals surface area contributed by atoms with Gasteiger partial charge in [0, 0.05) is 0 Å². The van der Waals surface area contributed by atoms with E-state index in [2.05, 4.69) is 24.4 Å². The van der Waals surface area contributed by atoms with Gasteiger partial charge in [-0.25, -0.2) is 0 Å². The van der Waals surface area contributed by atoms with E-state index >= 15 is 0 Å². The summed E-state index contributed by atoms with van der Waals surface area (Å²) in [7, 11) is 1.81. The molecule has 0 unspecified atom stereocenters. The van der Waals surface area contributed by atoms with E-state index in [-0.39, 0.29) is 0 Å². The number of aryl methyl sites for hydroxylation is 1. The van der Waals surface area contributed by atoms with Crippen LogP contribution in [-0.4, -0.2) is 7.05 Å². The molecule has 0 atom stereocenters. The van der Waals surface area contributed by atoms with Gasteiger partial charge in [-0.05, 0) is 12.0 Å². The van der Waals surface area contributed by atoms with Gasteiger partial charge in [-0.2, -0.15) is 0 Å². The monoisotopic (exact) mass is 134 g/mol. The van der Waals surface area contributed by atoms with Crippen molar-refractivity contribution in [3.8, 4) is 0 Å². The molecule has 0 radical (unpaired) electrons. The Labute approximate surface area is 62.1 Å². The number of hydrogen-bond acceptors (Lipinski definition) is 0. The molecule has 10 heavy (non-hydrogen) atoms. The topological polar surface area (TPSA) is 14.1 Å². The first-order valence-electron chi connectivity index (χ1n) is 3.55. The predicted molar refractivity (Wildman–Crippen MR) is 44.8 cm³/mol. The maximum absolute atomic E-state index is 4.05. The van der Waals surface area contributed by atoms with E-state index in [4.69, 9.17) is 0 Å². The van der Waals surface area contributed by atoms with Crippen LogP contribution in [0.2, 0.25) is 0 Å². The van der Waals surface area contributed by atoms with Gasteiger partial charge in [-0.3, -0.25) is 0 Å². The second-order valence-corrected chi connectivity index (χ2v) is 2.24. The van der Waals surface area contributed by atoms with Gasteiger partial charge >= 0.3 is 0 Å². The number of hydrogen-bond donors (Lipinski definition) is 0. The van der Waals surface area contributed by atoms with Crippen molar-refractivity contribution in [2.45, 2.75) is 13.3 Å². The lowest BCUT2D eigenvalue weighted by Gasteiger charge is -2.12. The third-order valence-corrected chi connectivity index (χ3v) is 1.60. The van der Waals surface area contributed by atoms with Crippen LogP contribution in [0, 0.1) is 0 Å². The van der Waals surface area contributed by atoms with Crippen molar-refractivity contribution in [1.29, 1.82) is 0 Å². The number of benzene rings is 1. The summed E-state index contributed by atoms with van der Waals surface area (Å²) in [4.78, 5) is 0. The normalized spacial score (nSPS) is 9.40. The highest BCUT2D eigenvalue weighted by Gasteiger charge is 1.83. The molecule has 1 aromatic carbocycles. The van der Waals surface area contributed by atoms with Gasteiger partial charge in [0.1, 0.15) is 0 Å². The third-order valence-electron chi connectivity index (χ3n) is 1.60. The molecule has 0 aliphatic carbocycles. The van der Waals surface area contributed by atoms with Gasteiger partial charge in [0.2, 0.25) is 0 Å². The molecule has 1 heteroatoms. The van der Waals surface area contributed by atoms with Crippen molar-refractivity contribution in [2.75, 3.05) is 7.05 Å². The molecule has 0 N–H and O–H groups in total. The van der Waals surface area contributed by atoms with Crippen molar-refractivity contribution in [3.05, 3.63) is 35.1 Å². The Morgan fingerprint density at radius 1 is 1.20 bits per heavy atom. The summed E-state index contributed by atoms with van der Waals surface area (Å²) in [6.45, 7) is 2.15. The van der Waals surface area contributed by atoms with Crippen LogP contribution in [0.5, 0.6) is 0 Å². The third kappa shape index (κ3) is 1.50. The van der Waals surface area contributed by atoms with Gasteiger partial charge in [0.05, 0.1) is 0 Å². The largest absolute Gasteiger partial charge is 0.687 e. The van der Waals surface area contributed by atoms with Crippen LogP contribution in [0.25, 0.3) is 5.32 Å². The van der Waals surface area contributed by atoms with Crippen molar-refractivity contribution < 1.29 is 0 Å². The second-order valence-electron chi connectivity index (χ2n) is 2.24. The van der Waals surface area contributed by atoms with E-state index in [1.54, 1.807) is 7.05 Å². The molecular formula is C9H12N-. The van der Waals surface area contributed by atoms with Gasteiger partial charge in [-0.15, -0.1) is 12.7 Å². The Hall–Kier alpha value is -0.980. The van der Waals surface area contributed by atoms with E-state index in [9.17, 15) is 0 Å². The van der Waals surface area contributed by atoms with Crippen LogP contribution in [0.1, 0.15) is 12.5 Å². The first-order valence-corrected chi connectivity index (χ1v) is 3.55. The molecule has 0 saturated carbocycles. The minimum absolute atomic E-state index is 1.05. The zero-order valence-electron chi connectivity index (χ0n) is 6.46. The quantitative estimate of drug-likeness (QED) is 0.590. The Kier molecular flexibility index (Phi) is 2.32. The maximum Gasteiger partial charge on any atom is -0.0307 e. The van der Waals surface area contributed by atoms with Crippen LogP contribution in [-0.2, 0) is 6.42 Å². The average Bonchev–Trinajstić information content (AvgIpc) is 2.05. The van der Waals surface area contributed by atoms with Crippen molar-refractivity contribution in [1.82, 2.24) is 0 Å². The fourth-order valence-electron chi connectivity index (χ4n) is 0.881. The van der Waals surface area contributed by atoms with Crippen molar-refractivity contribution in [2.24, 2.45) is 0 Å². The zero-order chi connectivity index (χ0) is 7.40. The zero-order valence-corrected chi connectivity index (χ0v) is 6.46. The smallest absolute Gasteiger partial charge is 0.0307 e. The summed E-state index contributed by atoms with van der Waals surface area (Å²) < 4.78 is 0. The predicted octanol–water partition coefficient (Wildman–Crippen LogP) is 2.88. The minimum Gasteiger partial charge on any atom is -0.687 e. The molecule has 0 aromatic heterocycles. The Balaban J connectivity index is 2.80. The SMILES string of the molecule is CCc1ccc([N-]C)cc1. The molecule has 1 aromatic rings. The van der Waals surface area contributed by atoms with Gasteiger partial charge in [0.15, 0.2) is 0 Å². The summed E-state index contributed by atoms with van der Waals surface area (Å²) in [5.41, 5.74) is 2.42. The summed E-state index contributed by atoms with van der Waals surface area (Å²) >= 11 is 0. The molecule has 0 bridgehead atoms. The minimum atomic E-state index is 1.05. The van der Waals surface area contributed by atoms with E-state index in [1.807, 2.05) is 12.1 Å². The van der Waals surface area contributed by atoms with Crippen LogP contribution in [0.3, 0.4) is 0 Å². The molecule has 0 saturated heterocycles. The van der Waals surface area contributed by atoms with E-state index in [0.717, 1.165) is 12.1 Å². The van der Waals surface area contributed by atoms with Crippen LogP contribution in [0.4, 0.5) is 5.69 Å². The summed E-state index contributed by atoms with van der Waals surface area (Å²) in [6, 6.07) is 8.31. The van der Waals surface area contributed by atoms with Crippen LogP contribution in [0.15, 0.2) is 24.3 Å². The highest BCUT2D eigenvalue weighted by Crippen LogP contribution is 2.15. The molecule has 0 aliphatic rings. The fourth-order valence-corrected chi connectivity index (χ4v) is 0.881. The number of rotatable bonds is 2. The first kappa shape index (κ1) is 7.13. The molecule has 54 valence electrons. The van der Waals surface area contributed by atoms with Gasteiger partial charge < -0.3 is 5.32 Å². The standard InChI is InChI=1S/C9H12N/c1-3-8-4-6-9(10-2)7-5-8/h4-7H,3H2,1-2H3/q-1. The summed E-state index contributed by atoms with van der Waals surface area (Å²) in [5, 5.41) is 4.05. The highest BCUT2D eigenvalue weighted by atomic mass is 14.8. The van der Waals surface area contributed by atoms with Crippen LogP contribution < -0.4 is 0 Å². The summed E-state index contributed by atoms with van der Waals surface area (Å²) in [5.74, 6) is 0. The highest BCUT2D eigenvalue weighted by molar-refractivity contribution is 5.48. The average molecular weight is 134 g/mol. The molecule has 0 spiro atoms. The number of nitrogens with zero attached hydrogens (tertiary/aromatic N) is 1. The molecular weight excluding hydrogens is 122 g/mol. The second kappa shape index (κ2) is 3.25. The van der Waals surface area contributed by atoms with Gasteiger partial charge in [-0.1, -0.05) is 31.2 Å². The van der Waals surface area contributed by atoms with Crippen molar-refractivity contribution in [3.63, 3.8) is 0 Å². The molecule has 0 heterocycles. The van der Waals surface area contributed by atoms with Crippen molar-refractivity contribution >= 4 is 5.69 Å². The molecule has 0 fully saturated rings. The Morgan fingerprint density at radius 3 is 2.20 bits per heavy atom. The Bertz CT molecular complexity index is 165. The van der Waals surface area contributed by atoms with E-state index < -0.39 is 0 Å². The Morgan fingerprint density at radius 2 is 1.80 bits per heavy atom. The molecule has 0 amide bonds. The lowest BCUT2D eigenvalue weighted by molar-refractivity contribution is 1.14. The molecule has 0 aliphatic heterocycles. The summed E-state index contributed by atoms with van der Waals surface area (Å²) in [6.07, 6.45) is 1.10. The first-order chi connectivity index (χ1) is 4.86. The lowest BCUT2D eigenvalue weighted by atomic mass is 10.1. The fraction of sp³-hybridized carbons (Fsp3) is 0.333. The maximum atomic E-state index is 4.05. The van der Waals surface area contributed by atoms with E-state index in [0.29, 0.717) is 0 Å². The molecule has 1 nitrogen and oxygen atoms in total. The molecule has 1 rings (SSSR count). The van der Waals surface area contributed by atoms with E-state index in [1.165, 1.54) is 5.56 Å². The van der Waals surface area contributed by atoms with Crippen LogP contribution >= 0.6 is 0 Å². The van der Waals surface area contributed by atoms with Gasteiger partial charge in [0.25, 0.3) is 0 Å².